The predicted molar refractivity (Wildman–Crippen MR) is 270 cm³/mol. The largest absolute Gasteiger partial charge is 0.444 e. The molecule has 0 bridgehead atoms. The molecule has 2 saturated heterocycles. The van der Waals surface area contributed by atoms with Gasteiger partial charge in [0.05, 0.1) is 35.0 Å². The molecule has 362 valence electrons. The van der Waals surface area contributed by atoms with E-state index in [-0.39, 0.29) is 24.3 Å². The molecule has 2 aromatic heterocycles. The summed E-state index contributed by atoms with van der Waals surface area (Å²) in [4.78, 5) is 43.4. The monoisotopic (exact) mass is 915 g/mol. The Balaban J connectivity index is 0.992. The van der Waals surface area contributed by atoms with E-state index in [1.54, 1.807) is 4.90 Å². The van der Waals surface area contributed by atoms with E-state index in [0.29, 0.717) is 31.8 Å². The van der Waals surface area contributed by atoms with Crippen molar-refractivity contribution in [3.63, 3.8) is 0 Å². The maximum absolute atomic E-state index is 13.4. The number of carbonyl (C=O) groups excluding carboxylic acids is 2. The van der Waals surface area contributed by atoms with Crippen molar-refractivity contribution >= 4 is 23.2 Å². The van der Waals surface area contributed by atoms with E-state index in [0.717, 1.165) is 88.3 Å². The van der Waals surface area contributed by atoms with Gasteiger partial charge in [0.25, 0.3) is 0 Å². The first kappa shape index (κ1) is 49.7. The van der Waals surface area contributed by atoms with Gasteiger partial charge in [0.15, 0.2) is 0 Å². The van der Waals surface area contributed by atoms with Gasteiger partial charge in [0.2, 0.25) is 0 Å². The number of rotatable bonds is 18. The number of hydrogen-bond acceptors (Lipinski definition) is 7. The molecule has 2 fully saturated rings. The van der Waals surface area contributed by atoms with Crippen molar-refractivity contribution in [3.8, 4) is 33.5 Å². The predicted octanol–water partition coefficient (Wildman–Crippen LogP) is 14.8. The highest BCUT2D eigenvalue weighted by Gasteiger charge is 2.37. The topological polar surface area (TPSA) is 115 Å². The van der Waals surface area contributed by atoms with E-state index in [2.05, 4.69) is 91.0 Å². The number of hydrogen-bond donors (Lipinski definition) is 1. The Morgan fingerprint density at radius 2 is 1.12 bits per heavy atom. The fourth-order valence-corrected chi connectivity index (χ4v) is 9.49. The third-order valence-electron chi connectivity index (χ3n) is 12.9. The third kappa shape index (κ3) is 13.7. The summed E-state index contributed by atoms with van der Waals surface area (Å²) in [6.07, 6.45) is 17.6. The zero-order chi connectivity index (χ0) is 47.8. The van der Waals surface area contributed by atoms with E-state index < -0.39 is 11.2 Å². The second-order valence-corrected chi connectivity index (χ2v) is 22.1. The summed E-state index contributed by atoms with van der Waals surface area (Å²) in [5.41, 5.74) is 7.59. The summed E-state index contributed by atoms with van der Waals surface area (Å²) < 4.78 is 20.1. The summed E-state index contributed by atoms with van der Waals surface area (Å²) in [7, 11) is 0. The maximum atomic E-state index is 13.4. The number of likely N-dealkylation sites (tertiary alicyclic amines) is 2. The molecule has 7 rings (SSSR count). The first-order chi connectivity index (χ1) is 31.9. The zero-order valence-corrected chi connectivity index (χ0v) is 42.1. The van der Waals surface area contributed by atoms with Crippen LogP contribution in [-0.4, -0.2) is 72.4 Å². The Morgan fingerprint density at radius 3 is 1.69 bits per heavy atom. The van der Waals surface area contributed by atoms with E-state index in [1.165, 1.54) is 57.8 Å². The third-order valence-corrected chi connectivity index (χ3v) is 12.9. The number of imidazole rings is 2. The van der Waals surface area contributed by atoms with Crippen molar-refractivity contribution in [2.75, 3.05) is 19.7 Å². The number of amides is 2. The fraction of sp³-hybridized carbons (Fsp3) is 0.571. The fourth-order valence-electron chi connectivity index (χ4n) is 9.49. The van der Waals surface area contributed by atoms with Crippen LogP contribution in [0.2, 0.25) is 0 Å². The molecule has 67 heavy (non-hydrogen) atoms. The number of nitrogens with one attached hydrogen (secondary N) is 1. The Morgan fingerprint density at radius 1 is 0.627 bits per heavy atom. The first-order valence-electron chi connectivity index (χ1n) is 25.3. The van der Waals surface area contributed by atoms with Gasteiger partial charge in [-0.25, -0.2) is 19.6 Å². The zero-order valence-electron chi connectivity index (χ0n) is 42.1. The van der Waals surface area contributed by atoms with Gasteiger partial charge in [0, 0.05) is 19.7 Å². The standard InChI is InChI=1S/C56H78N6O5/c1-54(2,3)33-17-15-13-11-10-12-14-16-18-36-65-39-62-49(38-57-51(62)48-22-20-35-61(48)53(64)67-56(7,8)9)43-29-27-41(28-30-43)40-23-25-42(26-24-40)44-31-32-45-46(37-44)59-50(58-45)47-21-19-34-60(47)52(63)66-55(4,5)6/h23-32,37-38,47-48H,10-22,33-36,39H2,1-9H3,(H,58,59). The van der Waals surface area contributed by atoms with Gasteiger partial charge in [-0.15, -0.1) is 0 Å². The lowest BCUT2D eigenvalue weighted by Crippen LogP contribution is -2.37. The Kier molecular flexibility index (Phi) is 16.2. The molecular weight excluding hydrogens is 837 g/mol. The van der Waals surface area contributed by atoms with Crippen molar-refractivity contribution in [2.45, 2.75) is 182 Å². The number of unbranched alkanes of at least 4 members (excludes halogenated alkanes) is 8. The molecule has 11 heteroatoms. The molecule has 0 spiro atoms. The number of H-pyrrole nitrogens is 1. The van der Waals surface area contributed by atoms with Crippen molar-refractivity contribution in [1.82, 2.24) is 29.3 Å². The van der Waals surface area contributed by atoms with Gasteiger partial charge in [0.1, 0.15) is 29.6 Å². The number of nitrogens with zero attached hydrogens (tertiary/aromatic N) is 5. The lowest BCUT2D eigenvalue weighted by atomic mass is 9.89. The molecule has 4 heterocycles. The number of benzene rings is 3. The van der Waals surface area contributed by atoms with Crippen LogP contribution in [0.3, 0.4) is 0 Å². The summed E-state index contributed by atoms with van der Waals surface area (Å²) in [5.74, 6) is 1.64. The van der Waals surface area contributed by atoms with E-state index in [4.69, 9.17) is 24.2 Å². The van der Waals surface area contributed by atoms with Crippen LogP contribution in [0, 0.1) is 5.41 Å². The first-order valence-corrected chi connectivity index (χ1v) is 25.3. The second-order valence-electron chi connectivity index (χ2n) is 22.1. The lowest BCUT2D eigenvalue weighted by molar-refractivity contribution is 0.0197. The number of fused-ring (bicyclic) bond motifs is 1. The molecule has 2 amide bonds. The molecule has 2 unspecified atom stereocenters. The highest BCUT2D eigenvalue weighted by atomic mass is 16.6. The maximum Gasteiger partial charge on any atom is 0.410 e. The second kappa shape index (κ2) is 21.9. The molecule has 0 saturated carbocycles. The van der Waals surface area contributed by atoms with Crippen molar-refractivity contribution in [2.24, 2.45) is 5.41 Å². The average Bonchev–Trinajstić information content (AvgIpc) is 4.10. The minimum atomic E-state index is -0.578. The quantitative estimate of drug-likeness (QED) is 0.0871. The van der Waals surface area contributed by atoms with Crippen LogP contribution in [0.4, 0.5) is 9.59 Å². The highest BCUT2D eigenvalue weighted by Crippen LogP contribution is 2.37. The number of ether oxygens (including phenoxy) is 3. The molecule has 1 N–H and O–H groups in total. The number of carbonyl (C=O) groups is 2. The number of aromatic amines is 1. The molecule has 0 radical (unpaired) electrons. The van der Waals surface area contributed by atoms with Gasteiger partial charge in [-0.1, -0.05) is 127 Å². The average molecular weight is 915 g/mol. The summed E-state index contributed by atoms with van der Waals surface area (Å²) in [5, 5.41) is 0. The molecule has 11 nitrogen and oxygen atoms in total. The molecule has 5 aromatic rings. The smallest absolute Gasteiger partial charge is 0.410 e. The van der Waals surface area contributed by atoms with E-state index in [9.17, 15) is 9.59 Å². The Hall–Kier alpha value is -5.16. The summed E-state index contributed by atoms with van der Waals surface area (Å²) in [6, 6.07) is 23.3. The van der Waals surface area contributed by atoms with Crippen LogP contribution in [0.1, 0.15) is 176 Å². The molecular formula is C56H78N6O5. The number of aromatic nitrogens is 4. The van der Waals surface area contributed by atoms with E-state index >= 15 is 0 Å². The van der Waals surface area contributed by atoms with Crippen molar-refractivity contribution < 1.29 is 23.8 Å². The normalized spacial score (nSPS) is 16.9. The van der Waals surface area contributed by atoms with Crippen LogP contribution in [0.5, 0.6) is 0 Å². The molecule has 0 aliphatic carbocycles. The molecule has 2 atom stereocenters. The Labute approximate surface area is 400 Å². The van der Waals surface area contributed by atoms with Crippen LogP contribution >= 0.6 is 0 Å². The summed E-state index contributed by atoms with van der Waals surface area (Å²) in [6.45, 7) is 20.8. The van der Waals surface area contributed by atoms with Gasteiger partial charge in [-0.05, 0) is 125 Å². The van der Waals surface area contributed by atoms with Gasteiger partial charge >= 0.3 is 12.2 Å². The molecule has 2 aliphatic heterocycles. The molecule has 3 aromatic carbocycles. The lowest BCUT2D eigenvalue weighted by Gasteiger charge is -2.28. The van der Waals surface area contributed by atoms with Crippen LogP contribution in [-0.2, 0) is 20.9 Å². The van der Waals surface area contributed by atoms with E-state index in [1.807, 2.05) is 58.7 Å². The Bertz CT molecular complexity index is 2380. The minimum Gasteiger partial charge on any atom is -0.444 e. The van der Waals surface area contributed by atoms with Gasteiger partial charge in [-0.2, -0.15) is 0 Å². The van der Waals surface area contributed by atoms with Crippen LogP contribution < -0.4 is 0 Å². The van der Waals surface area contributed by atoms with Crippen LogP contribution in [0.25, 0.3) is 44.5 Å². The van der Waals surface area contributed by atoms with Gasteiger partial charge in [-0.3, -0.25) is 9.80 Å². The van der Waals surface area contributed by atoms with Crippen LogP contribution in [0.15, 0.2) is 72.9 Å². The van der Waals surface area contributed by atoms with Gasteiger partial charge < -0.3 is 23.8 Å². The van der Waals surface area contributed by atoms with Crippen molar-refractivity contribution in [3.05, 3.63) is 84.6 Å². The molecule has 2 aliphatic rings. The van der Waals surface area contributed by atoms with Crippen molar-refractivity contribution in [1.29, 1.82) is 0 Å². The summed E-state index contributed by atoms with van der Waals surface area (Å²) >= 11 is 0. The minimum absolute atomic E-state index is 0.132. The highest BCUT2D eigenvalue weighted by molar-refractivity contribution is 5.83. The SMILES string of the molecule is CC(C)(C)CCCCCCCCCCCOCn1c(-c2ccc(-c3ccc(-c4ccc5nc(C6CCCN6C(=O)OC(C)(C)C)[nH]c5c4)cc3)cc2)cnc1C1CCCN1C(=O)OC(C)(C)C.